The molecule has 2 heterocycles. The Morgan fingerprint density at radius 2 is 2.38 bits per heavy atom. The van der Waals surface area contributed by atoms with Gasteiger partial charge in [0.15, 0.2) is 0 Å². The van der Waals surface area contributed by atoms with E-state index in [2.05, 4.69) is 4.90 Å². The Hall–Kier alpha value is -1.48. The number of hydrogen-bond donors (Lipinski definition) is 0. The van der Waals surface area contributed by atoms with E-state index >= 15 is 0 Å². The highest BCUT2D eigenvalue weighted by atomic mass is 19.1. The maximum Gasteiger partial charge on any atom is 0.129 e. The Bertz CT molecular complexity index is 564. The van der Waals surface area contributed by atoms with E-state index in [-0.39, 0.29) is 17.5 Å². The molecule has 2 aliphatic rings. The molecule has 5 heteroatoms. The summed E-state index contributed by atoms with van der Waals surface area (Å²) in [5.41, 5.74) is 0.741. The van der Waals surface area contributed by atoms with Crippen LogP contribution < -0.4 is 0 Å². The third-order valence-electron chi connectivity index (χ3n) is 4.12. The fraction of sp³-hybridized carbons (Fsp3) is 0.562. The van der Waals surface area contributed by atoms with Crippen LogP contribution in [0.2, 0.25) is 0 Å². The maximum atomic E-state index is 14.0. The van der Waals surface area contributed by atoms with E-state index in [9.17, 15) is 4.39 Å². The molecule has 2 saturated heterocycles. The summed E-state index contributed by atoms with van der Waals surface area (Å²) in [4.78, 5) is 2.22. The predicted molar refractivity (Wildman–Crippen MR) is 75.1 cm³/mol. The van der Waals surface area contributed by atoms with Crippen LogP contribution in [-0.2, 0) is 16.0 Å². The second-order valence-electron chi connectivity index (χ2n) is 6.00. The molecule has 0 bridgehead atoms. The van der Waals surface area contributed by atoms with Crippen LogP contribution in [0.1, 0.15) is 24.5 Å². The highest BCUT2D eigenvalue weighted by molar-refractivity contribution is 5.32. The van der Waals surface area contributed by atoms with Gasteiger partial charge < -0.3 is 9.47 Å². The van der Waals surface area contributed by atoms with Crippen LogP contribution in [0, 0.1) is 17.1 Å². The molecule has 2 fully saturated rings. The normalized spacial score (nSPS) is 29.7. The average Bonchev–Trinajstić information content (AvgIpc) is 2.87. The first-order valence-corrected chi connectivity index (χ1v) is 7.27. The Morgan fingerprint density at radius 3 is 3.05 bits per heavy atom. The molecule has 3 rings (SSSR count). The molecule has 0 radical (unpaired) electrons. The van der Waals surface area contributed by atoms with Gasteiger partial charge in [0.05, 0.1) is 24.3 Å². The van der Waals surface area contributed by atoms with Crippen LogP contribution in [0.25, 0.3) is 0 Å². The Kier molecular flexibility index (Phi) is 3.94. The Balaban J connectivity index is 1.73. The third-order valence-corrected chi connectivity index (χ3v) is 4.12. The Labute approximate surface area is 124 Å². The summed E-state index contributed by atoms with van der Waals surface area (Å²) in [6, 6.07) is 6.62. The van der Waals surface area contributed by atoms with Gasteiger partial charge in [0.2, 0.25) is 0 Å². The zero-order valence-electron chi connectivity index (χ0n) is 12.1. The van der Waals surface area contributed by atoms with Crippen LogP contribution >= 0.6 is 0 Å². The van der Waals surface area contributed by atoms with Crippen LogP contribution in [0.5, 0.6) is 0 Å². The first-order valence-electron chi connectivity index (χ1n) is 7.27. The fourth-order valence-electron chi connectivity index (χ4n) is 3.25. The minimum Gasteiger partial charge on any atom is -0.378 e. The summed E-state index contributed by atoms with van der Waals surface area (Å²) in [5.74, 6) is -0.315. The number of morpholine rings is 1. The molecular formula is C16H19FN2O2. The van der Waals surface area contributed by atoms with Crippen molar-refractivity contribution < 1.29 is 13.9 Å². The van der Waals surface area contributed by atoms with Gasteiger partial charge in [-0.3, -0.25) is 4.90 Å². The molecule has 2 unspecified atom stereocenters. The Morgan fingerprint density at radius 1 is 1.52 bits per heavy atom. The van der Waals surface area contributed by atoms with E-state index in [0.29, 0.717) is 24.3 Å². The zero-order chi connectivity index (χ0) is 14.9. The molecule has 4 nitrogen and oxygen atoms in total. The van der Waals surface area contributed by atoms with Gasteiger partial charge in [-0.1, -0.05) is 6.07 Å². The van der Waals surface area contributed by atoms with Crippen LogP contribution in [0.3, 0.4) is 0 Å². The minimum atomic E-state index is -0.315. The smallest absolute Gasteiger partial charge is 0.129 e. The zero-order valence-corrected chi connectivity index (χ0v) is 12.1. The van der Waals surface area contributed by atoms with Crippen molar-refractivity contribution >= 4 is 0 Å². The summed E-state index contributed by atoms with van der Waals surface area (Å²) in [6.07, 6.45) is 1.01. The van der Waals surface area contributed by atoms with Gasteiger partial charge in [-0.2, -0.15) is 5.26 Å². The van der Waals surface area contributed by atoms with Crippen molar-refractivity contribution in [3.63, 3.8) is 0 Å². The second kappa shape index (κ2) is 5.72. The molecule has 2 atom stereocenters. The van der Waals surface area contributed by atoms with Gasteiger partial charge in [-0.25, -0.2) is 4.39 Å². The molecule has 112 valence electrons. The van der Waals surface area contributed by atoms with Gasteiger partial charge in [-0.15, -0.1) is 0 Å². The number of rotatable bonds is 2. The molecule has 2 aliphatic heterocycles. The molecule has 21 heavy (non-hydrogen) atoms. The van der Waals surface area contributed by atoms with Crippen LogP contribution in [0.4, 0.5) is 4.39 Å². The van der Waals surface area contributed by atoms with E-state index in [1.165, 1.54) is 6.07 Å². The van der Waals surface area contributed by atoms with Crippen molar-refractivity contribution in [2.45, 2.75) is 31.6 Å². The average molecular weight is 290 g/mol. The minimum absolute atomic E-state index is 0.113. The third kappa shape index (κ3) is 3.08. The number of benzene rings is 1. The molecule has 0 aromatic heterocycles. The monoisotopic (exact) mass is 290 g/mol. The number of hydrogen-bond acceptors (Lipinski definition) is 4. The van der Waals surface area contributed by atoms with Crippen molar-refractivity contribution in [3.8, 4) is 6.07 Å². The quantitative estimate of drug-likeness (QED) is 0.836. The highest BCUT2D eigenvalue weighted by Crippen LogP contribution is 2.30. The molecule has 0 amide bonds. The van der Waals surface area contributed by atoms with Gasteiger partial charge in [0.1, 0.15) is 11.4 Å². The van der Waals surface area contributed by atoms with Gasteiger partial charge >= 0.3 is 0 Å². The lowest BCUT2D eigenvalue weighted by molar-refractivity contribution is -0.149. The second-order valence-corrected chi connectivity index (χ2v) is 6.00. The molecule has 0 saturated carbocycles. The predicted octanol–water partition coefficient (Wildman–Crippen LogP) is 2.08. The van der Waals surface area contributed by atoms with Gasteiger partial charge in [0.25, 0.3) is 0 Å². The van der Waals surface area contributed by atoms with E-state index in [4.69, 9.17) is 14.7 Å². The van der Waals surface area contributed by atoms with Crippen LogP contribution in [0.15, 0.2) is 18.2 Å². The highest BCUT2D eigenvalue weighted by Gasteiger charge is 2.42. The molecule has 0 aliphatic carbocycles. The number of ether oxygens (including phenoxy) is 2. The molecule has 0 N–H and O–H groups in total. The van der Waals surface area contributed by atoms with E-state index in [1.807, 2.05) is 13.0 Å². The van der Waals surface area contributed by atoms with Crippen molar-refractivity contribution in [2.75, 3.05) is 26.3 Å². The summed E-state index contributed by atoms with van der Waals surface area (Å²) in [5, 5.41) is 8.79. The van der Waals surface area contributed by atoms with Crippen molar-refractivity contribution in [1.29, 1.82) is 5.26 Å². The lowest BCUT2D eigenvalue weighted by Gasteiger charge is -2.43. The van der Waals surface area contributed by atoms with E-state index < -0.39 is 0 Å². The SMILES string of the molecule is CC1CN(Cc2ccc(C#N)cc2F)CC2(CCOC2)O1. The summed E-state index contributed by atoms with van der Waals surface area (Å²) in [7, 11) is 0. The first kappa shape index (κ1) is 14.5. The van der Waals surface area contributed by atoms with Crippen molar-refractivity contribution in [1.82, 2.24) is 4.90 Å². The van der Waals surface area contributed by atoms with E-state index in [1.54, 1.807) is 12.1 Å². The molecular weight excluding hydrogens is 271 g/mol. The largest absolute Gasteiger partial charge is 0.378 e. The van der Waals surface area contributed by atoms with Gasteiger partial charge in [0, 0.05) is 38.2 Å². The first-order chi connectivity index (χ1) is 10.1. The van der Waals surface area contributed by atoms with Crippen molar-refractivity contribution in [2.24, 2.45) is 0 Å². The van der Waals surface area contributed by atoms with E-state index in [0.717, 1.165) is 26.1 Å². The maximum absolute atomic E-state index is 14.0. The topological polar surface area (TPSA) is 45.5 Å². The summed E-state index contributed by atoms with van der Waals surface area (Å²) in [6.45, 7) is 5.46. The lowest BCUT2D eigenvalue weighted by atomic mass is 9.98. The van der Waals surface area contributed by atoms with Crippen LogP contribution in [-0.4, -0.2) is 42.9 Å². The summed E-state index contributed by atoms with van der Waals surface area (Å²) < 4.78 is 25.6. The summed E-state index contributed by atoms with van der Waals surface area (Å²) >= 11 is 0. The standard InChI is InChI=1S/C16H19FN2O2/c1-12-8-19(10-16(21-12)4-5-20-11-16)9-14-3-2-13(7-18)6-15(14)17/h2-3,6,12H,4-5,8-11H2,1H3. The fourth-order valence-corrected chi connectivity index (χ4v) is 3.25. The number of nitrogens with zero attached hydrogens (tertiary/aromatic N) is 2. The molecule has 1 aromatic rings. The molecule has 1 aromatic carbocycles. The molecule has 1 spiro atoms. The lowest BCUT2D eigenvalue weighted by Crippen LogP contribution is -2.55. The van der Waals surface area contributed by atoms with Gasteiger partial charge in [-0.05, 0) is 19.1 Å². The number of halogens is 1. The number of nitriles is 1. The van der Waals surface area contributed by atoms with Crippen molar-refractivity contribution in [3.05, 3.63) is 35.1 Å².